The van der Waals surface area contributed by atoms with E-state index in [9.17, 15) is 0 Å². The van der Waals surface area contributed by atoms with Crippen LogP contribution in [0.3, 0.4) is 0 Å². The van der Waals surface area contributed by atoms with Crippen molar-refractivity contribution in [2.24, 2.45) is 10.9 Å². The van der Waals surface area contributed by atoms with Gasteiger partial charge >= 0.3 is 0 Å². The molecule has 66 valence electrons. The van der Waals surface area contributed by atoms with Crippen molar-refractivity contribution in [3.8, 4) is 0 Å². The van der Waals surface area contributed by atoms with Crippen molar-refractivity contribution in [2.75, 3.05) is 14.2 Å². The SMILES string of the molecule is COC(CCC(N)=NO)OC. The van der Waals surface area contributed by atoms with Gasteiger partial charge < -0.3 is 20.4 Å². The maximum atomic E-state index is 8.17. The average molecular weight is 162 g/mol. The van der Waals surface area contributed by atoms with Crippen LogP contribution in [0, 0.1) is 0 Å². The molecule has 11 heavy (non-hydrogen) atoms. The fraction of sp³-hybridized carbons (Fsp3) is 0.833. The molecule has 5 nitrogen and oxygen atoms in total. The van der Waals surface area contributed by atoms with Crippen LogP contribution in [0.15, 0.2) is 5.16 Å². The third kappa shape index (κ3) is 4.58. The molecule has 0 aliphatic rings. The highest BCUT2D eigenvalue weighted by molar-refractivity contribution is 5.79. The molecule has 0 aromatic heterocycles. The van der Waals surface area contributed by atoms with Crippen LogP contribution in [0.4, 0.5) is 0 Å². The minimum absolute atomic E-state index is 0.184. The fourth-order valence-electron chi connectivity index (χ4n) is 0.648. The lowest BCUT2D eigenvalue weighted by atomic mass is 10.3. The summed E-state index contributed by atoms with van der Waals surface area (Å²) in [5, 5.41) is 11.0. The maximum absolute atomic E-state index is 8.17. The van der Waals surface area contributed by atoms with E-state index in [1.165, 1.54) is 0 Å². The fourth-order valence-corrected chi connectivity index (χ4v) is 0.648. The standard InChI is InChI=1S/C6H14N2O3/c1-10-6(11-2)4-3-5(7)8-9/h6,9H,3-4H2,1-2H3,(H2,7,8). The first-order chi connectivity index (χ1) is 5.24. The number of oxime groups is 1. The highest BCUT2D eigenvalue weighted by Gasteiger charge is 2.05. The van der Waals surface area contributed by atoms with Gasteiger partial charge in [0.15, 0.2) is 6.29 Å². The molecule has 0 fully saturated rings. The summed E-state index contributed by atoms with van der Waals surface area (Å²) in [5.74, 6) is 0.184. The molecule has 0 saturated heterocycles. The number of ether oxygens (including phenoxy) is 2. The molecule has 0 spiro atoms. The van der Waals surface area contributed by atoms with Gasteiger partial charge in [-0.2, -0.15) is 0 Å². The Morgan fingerprint density at radius 2 is 2.09 bits per heavy atom. The van der Waals surface area contributed by atoms with Gasteiger partial charge in [-0.15, -0.1) is 0 Å². The van der Waals surface area contributed by atoms with E-state index in [1.54, 1.807) is 14.2 Å². The molecule has 0 aliphatic heterocycles. The maximum Gasteiger partial charge on any atom is 0.157 e. The molecular formula is C6H14N2O3. The van der Waals surface area contributed by atoms with E-state index in [4.69, 9.17) is 20.4 Å². The van der Waals surface area contributed by atoms with Crippen molar-refractivity contribution in [1.82, 2.24) is 0 Å². The number of hydrogen-bond acceptors (Lipinski definition) is 4. The van der Waals surface area contributed by atoms with E-state index < -0.39 is 0 Å². The van der Waals surface area contributed by atoms with Crippen LogP contribution in [0.2, 0.25) is 0 Å². The van der Waals surface area contributed by atoms with Crippen molar-refractivity contribution in [2.45, 2.75) is 19.1 Å². The summed E-state index contributed by atoms with van der Waals surface area (Å²) in [5.41, 5.74) is 5.22. The van der Waals surface area contributed by atoms with E-state index in [1.807, 2.05) is 0 Å². The van der Waals surface area contributed by atoms with Crippen molar-refractivity contribution >= 4 is 5.84 Å². The Morgan fingerprint density at radius 1 is 1.55 bits per heavy atom. The predicted molar refractivity (Wildman–Crippen MR) is 40.4 cm³/mol. The summed E-state index contributed by atoms with van der Waals surface area (Å²) in [7, 11) is 3.08. The lowest BCUT2D eigenvalue weighted by Crippen LogP contribution is -2.18. The number of rotatable bonds is 5. The molecule has 0 radical (unpaired) electrons. The van der Waals surface area contributed by atoms with Crippen LogP contribution in [-0.4, -0.2) is 31.6 Å². The summed E-state index contributed by atoms with van der Waals surface area (Å²) < 4.78 is 9.76. The Balaban J connectivity index is 3.50. The number of methoxy groups -OCH3 is 2. The minimum Gasteiger partial charge on any atom is -0.409 e. The van der Waals surface area contributed by atoms with Gasteiger partial charge in [-0.1, -0.05) is 5.16 Å². The lowest BCUT2D eigenvalue weighted by Gasteiger charge is -2.11. The zero-order valence-electron chi connectivity index (χ0n) is 6.78. The van der Waals surface area contributed by atoms with Crippen molar-refractivity contribution < 1.29 is 14.7 Å². The van der Waals surface area contributed by atoms with Gasteiger partial charge in [0, 0.05) is 27.1 Å². The lowest BCUT2D eigenvalue weighted by molar-refractivity contribution is -0.104. The van der Waals surface area contributed by atoms with Crippen LogP contribution in [0.1, 0.15) is 12.8 Å². The van der Waals surface area contributed by atoms with E-state index in [0.29, 0.717) is 12.8 Å². The van der Waals surface area contributed by atoms with Crippen LogP contribution >= 0.6 is 0 Å². The Hall–Kier alpha value is -0.810. The Kier molecular flexibility index (Phi) is 5.50. The molecule has 0 aliphatic carbocycles. The molecule has 0 aromatic rings. The second kappa shape index (κ2) is 5.94. The molecule has 0 atom stereocenters. The molecule has 0 unspecified atom stereocenters. The average Bonchev–Trinajstić information content (AvgIpc) is 2.06. The van der Waals surface area contributed by atoms with Gasteiger partial charge in [0.1, 0.15) is 5.84 Å². The number of nitrogens with zero attached hydrogens (tertiary/aromatic N) is 1. The number of nitrogens with two attached hydrogens (primary N) is 1. The molecule has 0 aromatic carbocycles. The first kappa shape index (κ1) is 10.2. The zero-order valence-corrected chi connectivity index (χ0v) is 6.78. The topological polar surface area (TPSA) is 77.1 Å². The van der Waals surface area contributed by atoms with E-state index in [-0.39, 0.29) is 12.1 Å². The Morgan fingerprint density at radius 3 is 2.45 bits per heavy atom. The minimum atomic E-state index is -0.282. The second-order valence-electron chi connectivity index (χ2n) is 2.03. The Labute approximate surface area is 65.8 Å². The summed E-state index contributed by atoms with van der Waals surface area (Å²) >= 11 is 0. The number of amidine groups is 1. The third-order valence-electron chi connectivity index (χ3n) is 1.29. The smallest absolute Gasteiger partial charge is 0.157 e. The molecule has 0 amide bonds. The second-order valence-corrected chi connectivity index (χ2v) is 2.03. The highest BCUT2D eigenvalue weighted by atomic mass is 16.7. The van der Waals surface area contributed by atoms with Crippen LogP contribution in [0.5, 0.6) is 0 Å². The number of hydrogen-bond donors (Lipinski definition) is 2. The van der Waals surface area contributed by atoms with Gasteiger partial charge in [-0.25, -0.2) is 0 Å². The van der Waals surface area contributed by atoms with E-state index in [2.05, 4.69) is 5.16 Å². The molecule has 3 N–H and O–H groups in total. The van der Waals surface area contributed by atoms with Crippen molar-refractivity contribution in [1.29, 1.82) is 0 Å². The van der Waals surface area contributed by atoms with Gasteiger partial charge in [-0.05, 0) is 0 Å². The molecule has 0 rings (SSSR count). The summed E-state index contributed by atoms with van der Waals surface area (Å²) in [6.45, 7) is 0. The summed E-state index contributed by atoms with van der Waals surface area (Å²) in [4.78, 5) is 0. The van der Waals surface area contributed by atoms with Crippen LogP contribution in [0.25, 0.3) is 0 Å². The Bertz CT molecular complexity index is 123. The molecule has 0 saturated carbocycles. The van der Waals surface area contributed by atoms with E-state index >= 15 is 0 Å². The summed E-state index contributed by atoms with van der Waals surface area (Å²) in [6, 6.07) is 0. The monoisotopic (exact) mass is 162 g/mol. The van der Waals surface area contributed by atoms with Gasteiger partial charge in [0.05, 0.1) is 0 Å². The first-order valence-electron chi connectivity index (χ1n) is 3.26. The van der Waals surface area contributed by atoms with Gasteiger partial charge in [0.2, 0.25) is 0 Å². The first-order valence-corrected chi connectivity index (χ1v) is 3.26. The highest BCUT2D eigenvalue weighted by Crippen LogP contribution is 2.00. The molecule has 0 heterocycles. The van der Waals surface area contributed by atoms with Crippen molar-refractivity contribution in [3.05, 3.63) is 0 Å². The third-order valence-corrected chi connectivity index (χ3v) is 1.29. The van der Waals surface area contributed by atoms with Crippen LogP contribution < -0.4 is 5.73 Å². The van der Waals surface area contributed by atoms with Gasteiger partial charge in [-0.3, -0.25) is 0 Å². The van der Waals surface area contributed by atoms with Gasteiger partial charge in [0.25, 0.3) is 0 Å². The normalized spacial score (nSPS) is 12.5. The molecular weight excluding hydrogens is 148 g/mol. The van der Waals surface area contributed by atoms with Crippen LogP contribution in [-0.2, 0) is 9.47 Å². The quantitative estimate of drug-likeness (QED) is 0.198. The van der Waals surface area contributed by atoms with E-state index in [0.717, 1.165) is 0 Å². The predicted octanol–water partition coefficient (Wildman–Crippen LogP) is 0.132. The summed E-state index contributed by atoms with van der Waals surface area (Å²) in [6.07, 6.45) is 0.765. The molecule has 0 bridgehead atoms. The molecule has 5 heteroatoms. The zero-order chi connectivity index (χ0) is 8.69. The largest absolute Gasteiger partial charge is 0.409 e. The van der Waals surface area contributed by atoms with Crippen molar-refractivity contribution in [3.63, 3.8) is 0 Å².